The maximum atomic E-state index is 2.62. The summed E-state index contributed by atoms with van der Waals surface area (Å²) in [7, 11) is 0. The highest BCUT2D eigenvalue weighted by Crippen LogP contribution is 2.56. The fourth-order valence-corrected chi connectivity index (χ4v) is 11.6. The second-order valence-corrected chi connectivity index (χ2v) is 20.7. The second-order valence-electron chi connectivity index (χ2n) is 19.7. The van der Waals surface area contributed by atoms with Crippen LogP contribution in [0.5, 0.6) is 0 Å². The Hall–Kier alpha value is -5.65. The summed E-state index contributed by atoms with van der Waals surface area (Å²) in [4.78, 5) is 10.4. The van der Waals surface area contributed by atoms with Gasteiger partial charge in [0.2, 0.25) is 0 Å². The molecule has 7 aromatic rings. The monoisotopic (exact) mass is 811 g/mol. The van der Waals surface area contributed by atoms with E-state index in [4.69, 9.17) is 0 Å². The van der Waals surface area contributed by atoms with Crippen LogP contribution in [0.3, 0.4) is 0 Å². The van der Waals surface area contributed by atoms with Crippen LogP contribution in [0.2, 0.25) is 0 Å². The van der Waals surface area contributed by atoms with E-state index in [0.717, 1.165) is 5.69 Å². The van der Waals surface area contributed by atoms with E-state index in [-0.39, 0.29) is 17.5 Å². The summed E-state index contributed by atoms with van der Waals surface area (Å²) in [5, 5.41) is 0. The summed E-state index contributed by atoms with van der Waals surface area (Å²) in [6.07, 6.45) is 6.61. The van der Waals surface area contributed by atoms with E-state index in [1.807, 2.05) is 11.8 Å². The lowest BCUT2D eigenvalue weighted by Crippen LogP contribution is -2.62. The van der Waals surface area contributed by atoms with Gasteiger partial charge in [0.05, 0.1) is 22.7 Å². The molecule has 0 N–H and O–H groups in total. The molecule has 1 fully saturated rings. The molecule has 0 spiro atoms. The molecule has 0 aromatic heterocycles. The Bertz CT molecular complexity index is 2810. The number of benzene rings is 7. The minimum atomic E-state index is -0.111. The Morgan fingerprint density at radius 1 is 0.459 bits per heavy atom. The zero-order chi connectivity index (χ0) is 41.6. The minimum Gasteiger partial charge on any atom is -0.311 e. The largest absolute Gasteiger partial charge is 0.311 e. The van der Waals surface area contributed by atoms with E-state index in [1.165, 1.54) is 120 Å². The fraction of sp³-hybridized carbons (Fsp3) is 0.250. The highest BCUT2D eigenvalue weighted by molar-refractivity contribution is 7.99. The van der Waals surface area contributed by atoms with Crippen LogP contribution in [0.1, 0.15) is 96.3 Å². The molecule has 0 saturated heterocycles. The molecule has 1 saturated carbocycles. The van der Waals surface area contributed by atoms with Gasteiger partial charge in [0.25, 0.3) is 6.71 Å². The molecule has 5 heteroatoms. The second kappa shape index (κ2) is 14.5. The van der Waals surface area contributed by atoms with Crippen LogP contribution in [0.15, 0.2) is 161 Å². The molecule has 0 bridgehead atoms. The quantitative estimate of drug-likeness (QED) is 0.164. The van der Waals surface area contributed by atoms with Crippen molar-refractivity contribution in [3.05, 3.63) is 168 Å². The molecule has 0 radical (unpaired) electrons. The SMILES string of the molecule is CC(C)(C)c1ccc2c(c1)B1c3cc(C(C)(C)C)cc(N4c5ccccc5Sc5cc(C6CCCCC6)ccc54)c3N(c3ccccc3)c3cccc(c31)N2c1ccccc1. The van der Waals surface area contributed by atoms with Crippen molar-refractivity contribution in [2.45, 2.75) is 100 Å². The Morgan fingerprint density at radius 3 is 1.75 bits per heavy atom. The molecule has 302 valence electrons. The third kappa shape index (κ3) is 6.34. The minimum absolute atomic E-state index is 0.00188. The molecule has 0 unspecified atom stereocenters. The van der Waals surface area contributed by atoms with Crippen LogP contribution >= 0.6 is 11.8 Å². The molecule has 11 rings (SSSR count). The molecular formula is C56H54BN3S. The van der Waals surface area contributed by atoms with Gasteiger partial charge >= 0.3 is 0 Å². The standard InChI is InChI=1S/C56H54BN3S/c1-55(2,3)39-30-32-45-43(34-39)57-44-35-40(56(4,5)6)36-50(60-46-25-16-17-28-51(46)61-52-33-38(29-31-47(52)60)37-19-10-7-11-20-37)54(44)59(42-23-14-9-15-24-42)49-27-18-26-48(53(49)57)58(45)41-21-12-8-13-22-41/h8-9,12-18,21-37H,7,10-11,19-20H2,1-6H3. The molecular weight excluding hydrogens is 758 g/mol. The molecule has 7 aromatic carbocycles. The van der Waals surface area contributed by atoms with Gasteiger partial charge in [0.15, 0.2) is 0 Å². The van der Waals surface area contributed by atoms with Crippen LogP contribution in [-0.4, -0.2) is 6.71 Å². The van der Waals surface area contributed by atoms with E-state index in [1.54, 1.807) is 0 Å². The molecule has 0 atom stereocenters. The number of para-hydroxylation sites is 3. The van der Waals surface area contributed by atoms with Gasteiger partial charge in [0.1, 0.15) is 0 Å². The van der Waals surface area contributed by atoms with Gasteiger partial charge < -0.3 is 14.7 Å². The number of fused-ring (bicyclic) bond motifs is 6. The Labute approximate surface area is 367 Å². The van der Waals surface area contributed by atoms with Gasteiger partial charge in [-0.3, -0.25) is 0 Å². The smallest absolute Gasteiger partial charge is 0.252 e. The van der Waals surface area contributed by atoms with Gasteiger partial charge in [-0.2, -0.15) is 0 Å². The summed E-state index contributed by atoms with van der Waals surface area (Å²) >= 11 is 1.94. The highest BCUT2D eigenvalue weighted by atomic mass is 32.2. The number of nitrogens with zero attached hydrogens (tertiary/aromatic N) is 3. The zero-order valence-corrected chi connectivity index (χ0v) is 37.2. The maximum absolute atomic E-state index is 2.62. The number of anilines is 9. The van der Waals surface area contributed by atoms with Gasteiger partial charge in [-0.15, -0.1) is 0 Å². The normalized spacial score (nSPS) is 15.8. The van der Waals surface area contributed by atoms with E-state index in [0.29, 0.717) is 5.92 Å². The lowest BCUT2D eigenvalue weighted by molar-refractivity contribution is 0.443. The zero-order valence-electron chi connectivity index (χ0n) is 36.4. The van der Waals surface area contributed by atoms with Gasteiger partial charge in [-0.05, 0) is 135 Å². The van der Waals surface area contributed by atoms with Crippen molar-refractivity contribution < 1.29 is 0 Å². The van der Waals surface area contributed by atoms with Crippen molar-refractivity contribution in [1.82, 2.24) is 0 Å². The van der Waals surface area contributed by atoms with E-state index >= 15 is 0 Å². The number of hydrogen-bond acceptors (Lipinski definition) is 4. The first-order chi connectivity index (χ1) is 29.5. The molecule has 1 aliphatic carbocycles. The van der Waals surface area contributed by atoms with Crippen LogP contribution in [0.4, 0.5) is 51.2 Å². The van der Waals surface area contributed by atoms with Crippen LogP contribution in [0, 0.1) is 0 Å². The van der Waals surface area contributed by atoms with Crippen molar-refractivity contribution in [3.8, 4) is 0 Å². The predicted molar refractivity (Wildman–Crippen MR) is 262 cm³/mol. The van der Waals surface area contributed by atoms with Gasteiger partial charge in [-0.25, -0.2) is 0 Å². The Morgan fingerprint density at radius 2 is 1.05 bits per heavy atom. The first-order valence-electron chi connectivity index (χ1n) is 22.4. The van der Waals surface area contributed by atoms with Crippen molar-refractivity contribution >= 4 is 86.0 Å². The lowest BCUT2D eigenvalue weighted by atomic mass is 9.33. The first-order valence-corrected chi connectivity index (χ1v) is 23.2. The predicted octanol–water partition coefficient (Wildman–Crippen LogP) is 14.3. The molecule has 3 heterocycles. The third-order valence-electron chi connectivity index (χ3n) is 13.7. The van der Waals surface area contributed by atoms with Gasteiger partial charge in [-0.1, -0.05) is 151 Å². The summed E-state index contributed by atoms with van der Waals surface area (Å²) in [5.74, 6) is 0.640. The number of hydrogen-bond donors (Lipinski definition) is 0. The van der Waals surface area contributed by atoms with Crippen molar-refractivity contribution in [3.63, 3.8) is 0 Å². The fourth-order valence-electron chi connectivity index (χ4n) is 10.5. The summed E-state index contributed by atoms with van der Waals surface area (Å²) < 4.78 is 0. The topological polar surface area (TPSA) is 9.72 Å². The Kier molecular flexibility index (Phi) is 9.09. The summed E-state index contributed by atoms with van der Waals surface area (Å²) in [6.45, 7) is 14.2. The van der Waals surface area contributed by atoms with Crippen molar-refractivity contribution in [2.75, 3.05) is 14.7 Å². The molecule has 3 aliphatic heterocycles. The highest BCUT2D eigenvalue weighted by Gasteiger charge is 2.46. The van der Waals surface area contributed by atoms with E-state index in [2.05, 4.69) is 208 Å². The molecule has 4 aliphatic rings. The Balaban J connectivity index is 1.25. The first kappa shape index (κ1) is 38.3. The molecule has 0 amide bonds. The molecule has 61 heavy (non-hydrogen) atoms. The third-order valence-corrected chi connectivity index (χ3v) is 14.8. The van der Waals surface area contributed by atoms with E-state index < -0.39 is 0 Å². The number of rotatable bonds is 4. The van der Waals surface area contributed by atoms with Gasteiger partial charge in [0, 0.05) is 38.2 Å². The lowest BCUT2D eigenvalue weighted by Gasteiger charge is -2.46. The van der Waals surface area contributed by atoms with Crippen LogP contribution < -0.4 is 31.1 Å². The van der Waals surface area contributed by atoms with Crippen LogP contribution in [0.25, 0.3) is 0 Å². The van der Waals surface area contributed by atoms with Crippen molar-refractivity contribution in [2.24, 2.45) is 0 Å². The summed E-state index contributed by atoms with van der Waals surface area (Å²) in [6, 6.07) is 58.0. The summed E-state index contributed by atoms with van der Waals surface area (Å²) in [5.41, 5.74) is 19.1. The van der Waals surface area contributed by atoms with Crippen LogP contribution in [-0.2, 0) is 10.8 Å². The average Bonchev–Trinajstić information content (AvgIpc) is 3.27. The van der Waals surface area contributed by atoms with Crippen molar-refractivity contribution in [1.29, 1.82) is 0 Å². The average molecular weight is 812 g/mol. The molecule has 3 nitrogen and oxygen atoms in total. The van der Waals surface area contributed by atoms with E-state index in [9.17, 15) is 0 Å². The maximum Gasteiger partial charge on any atom is 0.252 e.